The molecule has 1 aromatic carbocycles. The summed E-state index contributed by atoms with van der Waals surface area (Å²) in [7, 11) is 1.44. The van der Waals surface area contributed by atoms with Crippen LogP contribution in [0.3, 0.4) is 0 Å². The van der Waals surface area contributed by atoms with Crippen LogP contribution in [0.2, 0.25) is 0 Å². The van der Waals surface area contributed by atoms with Gasteiger partial charge in [0.05, 0.1) is 13.2 Å². The molecule has 1 aromatic rings. The van der Waals surface area contributed by atoms with Gasteiger partial charge in [-0.2, -0.15) is 0 Å². The minimum atomic E-state index is -0.425. The smallest absolute Gasteiger partial charge is 0.335 e. The molecular weight excluding hydrogens is 276 g/mol. The summed E-state index contributed by atoms with van der Waals surface area (Å²) in [5, 5.41) is 0. The highest BCUT2D eigenvalue weighted by molar-refractivity contribution is 5.75. The number of aryl methyl sites for hydroxylation is 1. The standard InChI is InChI=1S/C19H24O3/c1-21-19(20)18-13-15-9-5-6-10-16(15)17(22-18)12-11-14-7-3-2-4-8-14/h2-4,7-9,16-18H,5-6,10-13H2,1H3/t16-,17+,18+/m0/s1. The van der Waals surface area contributed by atoms with Crippen molar-refractivity contribution < 1.29 is 14.3 Å². The molecule has 1 saturated heterocycles. The van der Waals surface area contributed by atoms with E-state index in [2.05, 4.69) is 30.3 Å². The first-order valence-corrected chi connectivity index (χ1v) is 8.24. The van der Waals surface area contributed by atoms with Gasteiger partial charge in [0.15, 0.2) is 6.10 Å². The number of esters is 1. The molecule has 3 rings (SSSR count). The Kier molecular flexibility index (Phi) is 4.94. The topological polar surface area (TPSA) is 35.5 Å². The number of hydrogen-bond donors (Lipinski definition) is 0. The van der Waals surface area contributed by atoms with Gasteiger partial charge in [-0.05, 0) is 37.7 Å². The first-order chi connectivity index (χ1) is 10.8. The second-order valence-electron chi connectivity index (χ2n) is 6.23. The largest absolute Gasteiger partial charge is 0.467 e. The van der Waals surface area contributed by atoms with Crippen LogP contribution in [-0.4, -0.2) is 25.3 Å². The fraction of sp³-hybridized carbons (Fsp3) is 0.526. The quantitative estimate of drug-likeness (QED) is 0.628. The fourth-order valence-electron chi connectivity index (χ4n) is 3.68. The number of carbonyl (C=O) groups excluding carboxylic acids is 1. The minimum absolute atomic E-state index is 0.129. The average molecular weight is 300 g/mol. The molecule has 3 nitrogen and oxygen atoms in total. The molecule has 1 aliphatic carbocycles. The molecule has 0 amide bonds. The molecular formula is C19H24O3. The molecule has 118 valence electrons. The highest BCUT2D eigenvalue weighted by Crippen LogP contribution is 2.39. The Balaban J connectivity index is 1.70. The van der Waals surface area contributed by atoms with Gasteiger partial charge in [-0.15, -0.1) is 0 Å². The fourth-order valence-corrected chi connectivity index (χ4v) is 3.68. The van der Waals surface area contributed by atoms with Crippen LogP contribution in [-0.2, 0) is 20.7 Å². The molecule has 0 spiro atoms. The third-order valence-corrected chi connectivity index (χ3v) is 4.84. The van der Waals surface area contributed by atoms with Gasteiger partial charge in [0.1, 0.15) is 0 Å². The summed E-state index contributed by atoms with van der Waals surface area (Å²) < 4.78 is 11.0. The first-order valence-electron chi connectivity index (χ1n) is 8.24. The lowest BCUT2D eigenvalue weighted by atomic mass is 9.77. The van der Waals surface area contributed by atoms with Crippen molar-refractivity contribution in [3.8, 4) is 0 Å². The van der Waals surface area contributed by atoms with E-state index in [-0.39, 0.29) is 12.1 Å². The van der Waals surface area contributed by atoms with E-state index in [9.17, 15) is 4.79 Å². The van der Waals surface area contributed by atoms with Gasteiger partial charge in [0, 0.05) is 12.3 Å². The molecule has 0 bridgehead atoms. The minimum Gasteiger partial charge on any atom is -0.467 e. The van der Waals surface area contributed by atoms with E-state index in [0.717, 1.165) is 19.3 Å². The van der Waals surface area contributed by atoms with Crippen molar-refractivity contribution in [3.05, 3.63) is 47.5 Å². The second kappa shape index (κ2) is 7.10. The summed E-state index contributed by atoms with van der Waals surface area (Å²) in [4.78, 5) is 11.9. The highest BCUT2D eigenvalue weighted by Gasteiger charge is 2.38. The normalized spacial score (nSPS) is 27.7. The van der Waals surface area contributed by atoms with Gasteiger partial charge in [-0.3, -0.25) is 0 Å². The number of ether oxygens (including phenoxy) is 2. The van der Waals surface area contributed by atoms with Gasteiger partial charge in [0.2, 0.25) is 0 Å². The van der Waals surface area contributed by atoms with Crippen LogP contribution >= 0.6 is 0 Å². The third-order valence-electron chi connectivity index (χ3n) is 4.84. The van der Waals surface area contributed by atoms with Crippen molar-refractivity contribution in [2.24, 2.45) is 5.92 Å². The molecule has 2 aliphatic rings. The van der Waals surface area contributed by atoms with Crippen LogP contribution in [0.15, 0.2) is 42.0 Å². The van der Waals surface area contributed by atoms with E-state index in [1.165, 1.54) is 31.1 Å². The van der Waals surface area contributed by atoms with E-state index in [4.69, 9.17) is 9.47 Å². The van der Waals surface area contributed by atoms with E-state index in [1.807, 2.05) is 6.07 Å². The van der Waals surface area contributed by atoms with Crippen LogP contribution in [0.1, 0.15) is 37.7 Å². The average Bonchev–Trinajstić information content (AvgIpc) is 2.59. The zero-order chi connectivity index (χ0) is 15.4. The van der Waals surface area contributed by atoms with Crippen molar-refractivity contribution in [1.82, 2.24) is 0 Å². The maximum atomic E-state index is 11.9. The Morgan fingerprint density at radius 3 is 2.91 bits per heavy atom. The number of carbonyl (C=O) groups is 1. The number of methoxy groups -OCH3 is 1. The van der Waals surface area contributed by atoms with Crippen LogP contribution in [0.25, 0.3) is 0 Å². The molecule has 3 atom stereocenters. The van der Waals surface area contributed by atoms with Crippen LogP contribution < -0.4 is 0 Å². The molecule has 1 heterocycles. The molecule has 3 heteroatoms. The van der Waals surface area contributed by atoms with Gasteiger partial charge in [-0.25, -0.2) is 4.79 Å². The Morgan fingerprint density at radius 1 is 1.32 bits per heavy atom. The zero-order valence-electron chi connectivity index (χ0n) is 13.2. The summed E-state index contributed by atoms with van der Waals surface area (Å²) in [6.45, 7) is 0. The Bertz CT molecular complexity index is 535. The number of rotatable bonds is 4. The van der Waals surface area contributed by atoms with Gasteiger partial charge < -0.3 is 9.47 Å². The molecule has 1 fully saturated rings. The van der Waals surface area contributed by atoms with Crippen molar-refractivity contribution in [2.45, 2.75) is 50.7 Å². The number of allylic oxidation sites excluding steroid dienone is 1. The summed E-state index contributed by atoms with van der Waals surface area (Å²) in [6.07, 6.45) is 8.22. The van der Waals surface area contributed by atoms with Gasteiger partial charge >= 0.3 is 5.97 Å². The second-order valence-corrected chi connectivity index (χ2v) is 6.23. The Labute approximate surface area is 132 Å². The lowest BCUT2D eigenvalue weighted by Gasteiger charge is -2.39. The van der Waals surface area contributed by atoms with Gasteiger partial charge in [0.25, 0.3) is 0 Å². The van der Waals surface area contributed by atoms with Crippen LogP contribution in [0.4, 0.5) is 0 Å². The molecule has 0 radical (unpaired) electrons. The maximum Gasteiger partial charge on any atom is 0.335 e. The van der Waals surface area contributed by atoms with Crippen molar-refractivity contribution in [2.75, 3.05) is 7.11 Å². The van der Waals surface area contributed by atoms with Crippen LogP contribution in [0, 0.1) is 5.92 Å². The third kappa shape index (κ3) is 3.41. The molecule has 0 saturated carbocycles. The lowest BCUT2D eigenvalue weighted by Crippen LogP contribution is -2.42. The maximum absolute atomic E-state index is 11.9. The zero-order valence-corrected chi connectivity index (χ0v) is 13.2. The molecule has 0 N–H and O–H groups in total. The number of benzene rings is 1. The Morgan fingerprint density at radius 2 is 2.14 bits per heavy atom. The summed E-state index contributed by atoms with van der Waals surface area (Å²) in [5.74, 6) is 0.244. The number of hydrogen-bond acceptors (Lipinski definition) is 3. The lowest BCUT2D eigenvalue weighted by molar-refractivity contribution is -0.164. The van der Waals surface area contributed by atoms with Crippen molar-refractivity contribution in [3.63, 3.8) is 0 Å². The molecule has 0 unspecified atom stereocenters. The summed E-state index contributed by atoms with van der Waals surface area (Å²) >= 11 is 0. The molecule has 0 aromatic heterocycles. The predicted octanol–water partition coefficient (Wildman–Crippen LogP) is 3.68. The Hall–Kier alpha value is -1.61. The molecule has 22 heavy (non-hydrogen) atoms. The molecule has 1 aliphatic heterocycles. The van der Waals surface area contributed by atoms with E-state index in [1.54, 1.807) is 0 Å². The number of fused-ring (bicyclic) bond motifs is 1. The predicted molar refractivity (Wildman–Crippen MR) is 85.5 cm³/mol. The van der Waals surface area contributed by atoms with Crippen LogP contribution in [0.5, 0.6) is 0 Å². The first kappa shape index (κ1) is 15.3. The summed E-state index contributed by atoms with van der Waals surface area (Å²) in [6, 6.07) is 10.5. The van der Waals surface area contributed by atoms with E-state index in [0.29, 0.717) is 12.3 Å². The van der Waals surface area contributed by atoms with E-state index >= 15 is 0 Å². The van der Waals surface area contributed by atoms with Gasteiger partial charge in [-0.1, -0.05) is 42.0 Å². The van der Waals surface area contributed by atoms with Crippen molar-refractivity contribution >= 4 is 5.97 Å². The monoisotopic (exact) mass is 300 g/mol. The van der Waals surface area contributed by atoms with E-state index < -0.39 is 6.10 Å². The summed E-state index contributed by atoms with van der Waals surface area (Å²) in [5.41, 5.74) is 2.73. The highest BCUT2D eigenvalue weighted by atomic mass is 16.6. The van der Waals surface area contributed by atoms with Crippen molar-refractivity contribution in [1.29, 1.82) is 0 Å². The SMILES string of the molecule is COC(=O)[C@H]1CC2=CCCC[C@@H]2[C@@H](CCc2ccccc2)O1.